The number of Topliss-reactive ketones (excluding diaryl/α,β-unsaturated/α-hetero) is 2. The lowest BCUT2D eigenvalue weighted by atomic mass is 9.85. The van der Waals surface area contributed by atoms with Crippen LogP contribution in [0.1, 0.15) is 37.4 Å². The van der Waals surface area contributed by atoms with E-state index in [9.17, 15) is 9.59 Å². The maximum atomic E-state index is 13.9. The molecule has 2 nitrogen and oxygen atoms in total. The third-order valence-electron chi connectivity index (χ3n) is 5.66. The fourth-order valence-electron chi connectivity index (χ4n) is 4.14. The zero-order chi connectivity index (χ0) is 21.9. The van der Waals surface area contributed by atoms with Gasteiger partial charge in [-0.25, -0.2) is 0 Å². The summed E-state index contributed by atoms with van der Waals surface area (Å²) < 4.78 is 0. The van der Waals surface area contributed by atoms with Crippen LogP contribution in [0.5, 0.6) is 0 Å². The van der Waals surface area contributed by atoms with Gasteiger partial charge < -0.3 is 0 Å². The van der Waals surface area contributed by atoms with Crippen molar-refractivity contribution < 1.29 is 9.59 Å². The van der Waals surface area contributed by atoms with Crippen LogP contribution in [0, 0.1) is 0 Å². The van der Waals surface area contributed by atoms with Gasteiger partial charge in [-0.3, -0.25) is 9.59 Å². The van der Waals surface area contributed by atoms with Crippen LogP contribution in [0.15, 0.2) is 121 Å². The maximum absolute atomic E-state index is 13.9. The number of hydrogen-bond acceptors (Lipinski definition) is 2. The van der Waals surface area contributed by atoms with Gasteiger partial charge in [0.05, 0.1) is 0 Å². The van der Waals surface area contributed by atoms with Gasteiger partial charge in [0, 0.05) is 27.8 Å². The normalized spacial score (nSPS) is 13.8. The highest BCUT2D eigenvalue weighted by atomic mass is 16.1. The van der Waals surface area contributed by atoms with Crippen molar-refractivity contribution in [3.8, 4) is 0 Å². The van der Waals surface area contributed by atoms with E-state index in [-0.39, 0.29) is 11.6 Å². The first kappa shape index (κ1) is 19.7. The molecule has 32 heavy (non-hydrogen) atoms. The zero-order valence-electron chi connectivity index (χ0n) is 17.4. The van der Waals surface area contributed by atoms with Gasteiger partial charge in [0.1, 0.15) is 0 Å². The molecule has 0 unspecified atom stereocenters. The molecule has 5 rings (SSSR count). The van der Waals surface area contributed by atoms with Gasteiger partial charge in [-0.1, -0.05) is 115 Å². The molecule has 2 heteroatoms. The highest BCUT2D eigenvalue weighted by molar-refractivity contribution is 6.41. The Morgan fingerprint density at radius 3 is 1.62 bits per heavy atom. The molecule has 0 spiro atoms. The van der Waals surface area contributed by atoms with Crippen LogP contribution in [0.25, 0.3) is 17.2 Å². The lowest BCUT2D eigenvalue weighted by Crippen LogP contribution is -2.10. The molecule has 0 saturated heterocycles. The van der Waals surface area contributed by atoms with E-state index < -0.39 is 0 Å². The van der Waals surface area contributed by atoms with Crippen molar-refractivity contribution in [3.05, 3.63) is 149 Å². The standard InChI is InChI=1S/C30H20O2/c31-29(22-14-6-2-7-15-22)26-20-24-18-10-11-19-25(24)28(26)27(21-12-4-1-5-13-21)30(32)23-16-8-3-9-17-23/h1-20H/b28-27+. The van der Waals surface area contributed by atoms with Gasteiger partial charge in [-0.2, -0.15) is 0 Å². The number of rotatable bonds is 5. The molecule has 0 aliphatic heterocycles. The third-order valence-corrected chi connectivity index (χ3v) is 5.66. The average Bonchev–Trinajstić information content (AvgIpc) is 3.25. The summed E-state index contributed by atoms with van der Waals surface area (Å²) in [5.41, 5.74) is 5.59. The predicted molar refractivity (Wildman–Crippen MR) is 129 cm³/mol. The van der Waals surface area contributed by atoms with Gasteiger partial charge in [0.25, 0.3) is 0 Å². The van der Waals surface area contributed by atoms with E-state index in [4.69, 9.17) is 0 Å². The molecule has 0 heterocycles. The van der Waals surface area contributed by atoms with Gasteiger partial charge >= 0.3 is 0 Å². The Morgan fingerprint density at radius 2 is 1.00 bits per heavy atom. The average molecular weight is 412 g/mol. The first-order valence-electron chi connectivity index (χ1n) is 10.5. The van der Waals surface area contributed by atoms with Crippen molar-refractivity contribution in [2.24, 2.45) is 0 Å². The number of fused-ring (bicyclic) bond motifs is 1. The monoisotopic (exact) mass is 412 g/mol. The molecular weight excluding hydrogens is 392 g/mol. The van der Waals surface area contributed by atoms with Gasteiger partial charge in [-0.15, -0.1) is 0 Å². The highest BCUT2D eigenvalue weighted by Crippen LogP contribution is 2.43. The van der Waals surface area contributed by atoms with Crippen LogP contribution in [0.4, 0.5) is 0 Å². The van der Waals surface area contributed by atoms with Gasteiger partial charge in [-0.05, 0) is 22.8 Å². The summed E-state index contributed by atoms with van der Waals surface area (Å²) in [7, 11) is 0. The number of carbonyl (C=O) groups is 2. The fourth-order valence-corrected chi connectivity index (χ4v) is 4.14. The van der Waals surface area contributed by atoms with Gasteiger partial charge in [0.2, 0.25) is 0 Å². The molecule has 0 N–H and O–H groups in total. The number of benzene rings is 4. The van der Waals surface area contributed by atoms with Crippen molar-refractivity contribution in [1.82, 2.24) is 0 Å². The second-order valence-electron chi connectivity index (χ2n) is 7.65. The van der Waals surface area contributed by atoms with Crippen LogP contribution in [-0.4, -0.2) is 11.6 Å². The Bertz CT molecular complexity index is 1360. The van der Waals surface area contributed by atoms with Crippen LogP contribution >= 0.6 is 0 Å². The Kier molecular flexibility index (Phi) is 5.19. The summed E-state index contributed by atoms with van der Waals surface area (Å²) in [6, 6.07) is 35.9. The summed E-state index contributed by atoms with van der Waals surface area (Å²) >= 11 is 0. The molecule has 0 bridgehead atoms. The maximum Gasteiger partial charge on any atom is 0.194 e. The molecule has 4 aromatic carbocycles. The van der Waals surface area contributed by atoms with Gasteiger partial charge in [0.15, 0.2) is 11.6 Å². The molecule has 0 radical (unpaired) electrons. The van der Waals surface area contributed by atoms with E-state index in [1.165, 1.54) is 0 Å². The molecule has 0 aromatic heterocycles. The summed E-state index contributed by atoms with van der Waals surface area (Å²) in [5, 5.41) is 0. The largest absolute Gasteiger partial charge is 0.289 e. The summed E-state index contributed by atoms with van der Waals surface area (Å²) in [6.45, 7) is 0. The minimum Gasteiger partial charge on any atom is -0.289 e. The second kappa shape index (κ2) is 8.44. The fraction of sp³-hybridized carbons (Fsp3) is 0. The molecule has 0 amide bonds. The molecule has 0 fully saturated rings. The molecule has 152 valence electrons. The Labute approximate surface area is 187 Å². The topological polar surface area (TPSA) is 34.1 Å². The minimum absolute atomic E-state index is 0.0916. The van der Waals surface area contributed by atoms with Crippen molar-refractivity contribution in [2.45, 2.75) is 0 Å². The highest BCUT2D eigenvalue weighted by Gasteiger charge is 2.31. The van der Waals surface area contributed by atoms with Crippen LogP contribution < -0.4 is 0 Å². The van der Waals surface area contributed by atoms with Crippen molar-refractivity contribution in [2.75, 3.05) is 0 Å². The molecule has 1 aliphatic carbocycles. The molecule has 0 saturated carbocycles. The number of ketones is 2. The van der Waals surface area contributed by atoms with Crippen LogP contribution in [0.3, 0.4) is 0 Å². The molecular formula is C30H20O2. The number of hydrogen-bond donors (Lipinski definition) is 0. The van der Waals surface area contributed by atoms with E-state index >= 15 is 0 Å². The number of carbonyl (C=O) groups excluding carboxylic acids is 2. The van der Waals surface area contributed by atoms with Crippen LogP contribution in [-0.2, 0) is 0 Å². The van der Waals surface area contributed by atoms with Crippen molar-refractivity contribution in [1.29, 1.82) is 0 Å². The number of allylic oxidation sites excluding steroid dienone is 3. The third kappa shape index (κ3) is 3.52. The molecule has 1 aliphatic rings. The Balaban J connectivity index is 1.80. The first-order chi connectivity index (χ1) is 15.7. The van der Waals surface area contributed by atoms with E-state index in [0.29, 0.717) is 27.8 Å². The van der Waals surface area contributed by atoms with E-state index in [0.717, 1.165) is 16.7 Å². The van der Waals surface area contributed by atoms with E-state index in [2.05, 4.69) is 0 Å². The Hall–Kier alpha value is -4.30. The Morgan fingerprint density at radius 1 is 0.500 bits per heavy atom. The van der Waals surface area contributed by atoms with Crippen LogP contribution in [0.2, 0.25) is 0 Å². The predicted octanol–water partition coefficient (Wildman–Crippen LogP) is 6.76. The lowest BCUT2D eigenvalue weighted by Gasteiger charge is -2.15. The van der Waals surface area contributed by atoms with E-state index in [1.807, 2.05) is 121 Å². The van der Waals surface area contributed by atoms with E-state index in [1.54, 1.807) is 0 Å². The smallest absolute Gasteiger partial charge is 0.194 e. The summed E-state index contributed by atoms with van der Waals surface area (Å²) in [4.78, 5) is 27.5. The molecule has 0 atom stereocenters. The quantitative estimate of drug-likeness (QED) is 0.268. The molecule has 4 aromatic rings. The lowest BCUT2D eigenvalue weighted by molar-refractivity contribution is 0.104. The minimum atomic E-state index is -0.102. The first-order valence-corrected chi connectivity index (χ1v) is 10.5. The SMILES string of the molecule is O=C(C1=Cc2ccccc2/C1=C(\C(=O)c1ccccc1)c1ccccc1)c1ccccc1. The van der Waals surface area contributed by atoms with Crippen molar-refractivity contribution >= 4 is 28.8 Å². The zero-order valence-corrected chi connectivity index (χ0v) is 17.4. The van der Waals surface area contributed by atoms with Crippen molar-refractivity contribution in [3.63, 3.8) is 0 Å². The summed E-state index contributed by atoms with van der Waals surface area (Å²) in [6.07, 6.45) is 1.90. The summed E-state index contributed by atoms with van der Waals surface area (Å²) in [5.74, 6) is -0.193. The second-order valence-corrected chi connectivity index (χ2v) is 7.65.